The summed E-state index contributed by atoms with van der Waals surface area (Å²) in [6, 6.07) is 13.2. The number of benzene rings is 2. The highest BCUT2D eigenvalue weighted by Gasteiger charge is 2.25. The number of nitrogens with one attached hydrogen (secondary N) is 1. The first-order valence-electron chi connectivity index (χ1n) is 11.1. The number of rotatable bonds is 8. The zero-order chi connectivity index (χ0) is 24.1. The fourth-order valence-electron chi connectivity index (χ4n) is 4.19. The number of carbonyl (C=O) groups is 1. The smallest absolute Gasteiger partial charge is 0.254 e. The Hall–Kier alpha value is -3.07. The number of halogens is 1. The summed E-state index contributed by atoms with van der Waals surface area (Å²) >= 11 is 6.12. The molecule has 0 saturated carbocycles. The molecule has 1 amide bonds. The van der Waals surface area contributed by atoms with Gasteiger partial charge in [0.2, 0.25) is 0 Å². The van der Waals surface area contributed by atoms with Crippen LogP contribution in [0.25, 0.3) is 5.69 Å². The first-order valence-corrected chi connectivity index (χ1v) is 11.5. The summed E-state index contributed by atoms with van der Waals surface area (Å²) < 4.78 is 18.1. The molecule has 1 saturated heterocycles. The highest BCUT2D eigenvalue weighted by molar-refractivity contribution is 6.30. The minimum atomic E-state index is -0.176. The van der Waals surface area contributed by atoms with Gasteiger partial charge in [-0.1, -0.05) is 23.7 Å². The van der Waals surface area contributed by atoms with Gasteiger partial charge in [0.05, 0.1) is 56.6 Å². The van der Waals surface area contributed by atoms with E-state index >= 15 is 0 Å². The van der Waals surface area contributed by atoms with Crippen LogP contribution in [0.1, 0.15) is 27.7 Å². The molecule has 1 aliphatic heterocycles. The summed E-state index contributed by atoms with van der Waals surface area (Å²) in [6.45, 7) is 5.17. The van der Waals surface area contributed by atoms with Gasteiger partial charge in [0, 0.05) is 24.7 Å². The lowest BCUT2D eigenvalue weighted by Gasteiger charge is -2.35. The summed E-state index contributed by atoms with van der Waals surface area (Å²) in [5.41, 5.74) is 3.11. The molecule has 0 bridgehead atoms. The van der Waals surface area contributed by atoms with E-state index in [0.717, 1.165) is 30.0 Å². The van der Waals surface area contributed by atoms with Gasteiger partial charge in [-0.2, -0.15) is 5.10 Å². The average Bonchev–Trinajstić information content (AvgIpc) is 3.25. The van der Waals surface area contributed by atoms with Crippen molar-refractivity contribution in [2.24, 2.45) is 0 Å². The molecule has 0 radical (unpaired) electrons. The molecular weight excluding hydrogens is 456 g/mol. The number of aromatic nitrogens is 2. The summed E-state index contributed by atoms with van der Waals surface area (Å²) in [4.78, 5) is 15.5. The van der Waals surface area contributed by atoms with Crippen LogP contribution in [0.3, 0.4) is 0 Å². The number of ether oxygens (including phenoxy) is 3. The van der Waals surface area contributed by atoms with Crippen LogP contribution in [0.5, 0.6) is 11.5 Å². The molecule has 1 N–H and O–H groups in total. The molecule has 0 spiro atoms. The van der Waals surface area contributed by atoms with Crippen molar-refractivity contribution in [2.75, 3.05) is 47.1 Å². The number of hydrogen-bond acceptors (Lipinski definition) is 6. The zero-order valence-electron chi connectivity index (χ0n) is 19.6. The predicted molar refractivity (Wildman–Crippen MR) is 130 cm³/mol. The minimum Gasteiger partial charge on any atom is -0.493 e. The SMILES string of the molecule is COc1ccc(C(CNC(=O)c2cnn(-c3cccc(Cl)c3)c2C)N2CCOCC2)cc1OC. The van der Waals surface area contributed by atoms with Gasteiger partial charge in [-0.3, -0.25) is 9.69 Å². The van der Waals surface area contributed by atoms with Gasteiger partial charge >= 0.3 is 0 Å². The standard InChI is InChI=1S/C25H29ClN4O4/c1-17-21(15-28-30(17)20-6-4-5-19(26)14-20)25(31)27-16-22(29-9-11-34-12-10-29)18-7-8-23(32-2)24(13-18)33-3/h4-8,13-15,22H,9-12,16H2,1-3H3,(H,27,31). The van der Waals surface area contributed by atoms with E-state index in [-0.39, 0.29) is 11.9 Å². The molecule has 3 aromatic rings. The van der Waals surface area contributed by atoms with Gasteiger partial charge in [0.1, 0.15) is 0 Å². The van der Waals surface area contributed by atoms with E-state index in [0.29, 0.717) is 41.8 Å². The molecule has 1 atom stereocenters. The molecule has 180 valence electrons. The third kappa shape index (κ3) is 5.19. The zero-order valence-corrected chi connectivity index (χ0v) is 20.3. The van der Waals surface area contributed by atoms with Crippen LogP contribution in [0.2, 0.25) is 5.02 Å². The van der Waals surface area contributed by atoms with E-state index < -0.39 is 0 Å². The van der Waals surface area contributed by atoms with Gasteiger partial charge in [-0.15, -0.1) is 0 Å². The Morgan fingerprint density at radius 1 is 1.15 bits per heavy atom. The second-order valence-corrected chi connectivity index (χ2v) is 8.46. The Balaban J connectivity index is 1.54. The van der Waals surface area contributed by atoms with Gasteiger partial charge in [0.15, 0.2) is 11.5 Å². The van der Waals surface area contributed by atoms with E-state index in [1.807, 2.05) is 43.3 Å². The predicted octanol–water partition coefficient (Wildman–Crippen LogP) is 3.65. The van der Waals surface area contributed by atoms with Crippen LogP contribution < -0.4 is 14.8 Å². The van der Waals surface area contributed by atoms with Crippen LogP contribution in [-0.4, -0.2) is 67.7 Å². The Kier molecular flexibility index (Phi) is 7.72. The third-order valence-corrected chi connectivity index (χ3v) is 6.28. The van der Waals surface area contributed by atoms with Gasteiger partial charge in [-0.05, 0) is 42.8 Å². The van der Waals surface area contributed by atoms with Crippen molar-refractivity contribution in [3.63, 3.8) is 0 Å². The van der Waals surface area contributed by atoms with E-state index in [2.05, 4.69) is 15.3 Å². The second-order valence-electron chi connectivity index (χ2n) is 8.02. The van der Waals surface area contributed by atoms with Crippen LogP contribution in [0.4, 0.5) is 0 Å². The lowest BCUT2D eigenvalue weighted by molar-refractivity contribution is 0.0162. The van der Waals surface area contributed by atoms with Gasteiger partial charge < -0.3 is 19.5 Å². The molecule has 9 heteroatoms. The molecule has 1 unspecified atom stereocenters. The van der Waals surface area contributed by atoms with Crippen molar-refractivity contribution < 1.29 is 19.0 Å². The number of morpholine rings is 1. The first-order chi connectivity index (χ1) is 16.5. The maximum Gasteiger partial charge on any atom is 0.254 e. The quantitative estimate of drug-likeness (QED) is 0.526. The molecule has 2 aromatic carbocycles. The van der Waals surface area contributed by atoms with Crippen LogP contribution in [-0.2, 0) is 4.74 Å². The topological polar surface area (TPSA) is 77.9 Å². The summed E-state index contributed by atoms with van der Waals surface area (Å²) in [5, 5.41) is 8.12. The van der Waals surface area contributed by atoms with E-state index in [1.54, 1.807) is 31.2 Å². The molecule has 34 heavy (non-hydrogen) atoms. The summed E-state index contributed by atoms with van der Waals surface area (Å²) in [5.74, 6) is 1.15. The van der Waals surface area contributed by atoms with Crippen LogP contribution >= 0.6 is 11.6 Å². The maximum absolute atomic E-state index is 13.1. The summed E-state index contributed by atoms with van der Waals surface area (Å²) in [6.07, 6.45) is 1.59. The maximum atomic E-state index is 13.1. The lowest BCUT2D eigenvalue weighted by atomic mass is 10.0. The third-order valence-electron chi connectivity index (χ3n) is 6.04. The minimum absolute atomic E-state index is 0.0454. The molecule has 0 aliphatic carbocycles. The molecule has 8 nitrogen and oxygen atoms in total. The Labute approximate surface area is 204 Å². The largest absolute Gasteiger partial charge is 0.493 e. The number of carbonyl (C=O) groups excluding carboxylic acids is 1. The fourth-order valence-corrected chi connectivity index (χ4v) is 4.38. The molecule has 1 aliphatic rings. The van der Waals surface area contributed by atoms with E-state index in [4.69, 9.17) is 25.8 Å². The number of methoxy groups -OCH3 is 2. The molecule has 4 rings (SSSR count). The van der Waals surface area contributed by atoms with Crippen LogP contribution in [0.15, 0.2) is 48.7 Å². The van der Waals surface area contributed by atoms with Crippen molar-refractivity contribution in [1.29, 1.82) is 0 Å². The average molecular weight is 485 g/mol. The molecule has 1 fully saturated rings. The van der Waals surface area contributed by atoms with Crippen molar-refractivity contribution in [1.82, 2.24) is 20.0 Å². The summed E-state index contributed by atoms with van der Waals surface area (Å²) in [7, 11) is 3.23. The molecular formula is C25H29ClN4O4. The fraction of sp³-hybridized carbons (Fsp3) is 0.360. The highest BCUT2D eigenvalue weighted by atomic mass is 35.5. The van der Waals surface area contributed by atoms with E-state index in [9.17, 15) is 4.79 Å². The van der Waals surface area contributed by atoms with Gasteiger partial charge in [-0.25, -0.2) is 4.68 Å². The van der Waals surface area contributed by atoms with Crippen molar-refractivity contribution >= 4 is 17.5 Å². The Morgan fingerprint density at radius 3 is 2.62 bits per heavy atom. The lowest BCUT2D eigenvalue weighted by Crippen LogP contribution is -2.43. The Bertz CT molecular complexity index is 1140. The second kappa shape index (κ2) is 10.9. The van der Waals surface area contributed by atoms with Crippen LogP contribution in [0, 0.1) is 6.92 Å². The van der Waals surface area contributed by atoms with Crippen molar-refractivity contribution in [2.45, 2.75) is 13.0 Å². The molecule has 1 aromatic heterocycles. The first kappa shape index (κ1) is 24.1. The van der Waals surface area contributed by atoms with Gasteiger partial charge in [0.25, 0.3) is 5.91 Å². The van der Waals surface area contributed by atoms with Crippen molar-refractivity contribution in [3.8, 4) is 17.2 Å². The van der Waals surface area contributed by atoms with Crippen molar-refractivity contribution in [3.05, 3.63) is 70.5 Å². The Morgan fingerprint density at radius 2 is 1.91 bits per heavy atom. The highest BCUT2D eigenvalue weighted by Crippen LogP contribution is 2.32. The van der Waals surface area contributed by atoms with E-state index in [1.165, 1.54) is 0 Å². The molecule has 2 heterocycles. The number of amides is 1. The monoisotopic (exact) mass is 484 g/mol. The number of nitrogens with zero attached hydrogens (tertiary/aromatic N) is 3. The number of hydrogen-bond donors (Lipinski definition) is 1. The normalized spacial score (nSPS) is 15.1.